The summed E-state index contributed by atoms with van der Waals surface area (Å²) in [4.78, 5) is 0. The summed E-state index contributed by atoms with van der Waals surface area (Å²) in [6.45, 7) is 26.0. The van der Waals surface area contributed by atoms with Gasteiger partial charge in [-0.1, -0.05) is 115 Å². The molecule has 0 heterocycles. The summed E-state index contributed by atoms with van der Waals surface area (Å²) in [7, 11) is -1.98. The number of rotatable bonds is 5. The van der Waals surface area contributed by atoms with Gasteiger partial charge in [-0.3, -0.25) is 0 Å². The number of allylic oxidation sites excluding steroid dienone is 1. The van der Waals surface area contributed by atoms with E-state index in [9.17, 15) is 0 Å². The summed E-state index contributed by atoms with van der Waals surface area (Å²) in [6.07, 6.45) is 5.04. The van der Waals surface area contributed by atoms with Gasteiger partial charge >= 0.3 is 0 Å². The van der Waals surface area contributed by atoms with Crippen molar-refractivity contribution in [3.63, 3.8) is 0 Å². The predicted octanol–water partition coefficient (Wildman–Crippen LogP) is 9.25. The van der Waals surface area contributed by atoms with E-state index in [4.69, 9.17) is 4.74 Å². The lowest BCUT2D eigenvalue weighted by Gasteiger charge is -2.44. The Morgan fingerprint density at radius 3 is 2.11 bits per heavy atom. The highest BCUT2D eigenvalue weighted by molar-refractivity contribution is 6.93. The van der Waals surface area contributed by atoms with Crippen LogP contribution >= 0.6 is 0 Å². The topological polar surface area (TPSA) is 9.23 Å². The zero-order valence-corrected chi connectivity index (χ0v) is 25.8. The Labute approximate surface area is 222 Å². The Balaban J connectivity index is 1.97. The van der Waals surface area contributed by atoms with Crippen LogP contribution in [0.5, 0.6) is 5.75 Å². The molecule has 2 aliphatic carbocycles. The van der Waals surface area contributed by atoms with Gasteiger partial charge in [0.2, 0.25) is 0 Å². The lowest BCUT2D eigenvalue weighted by atomic mass is 9.77. The third-order valence-corrected chi connectivity index (χ3v) is 15.7. The molecule has 1 nitrogen and oxygen atoms in total. The minimum atomic E-state index is -1.98. The Hall–Kier alpha value is -1.80. The van der Waals surface area contributed by atoms with E-state index in [0.717, 1.165) is 0 Å². The summed E-state index contributed by atoms with van der Waals surface area (Å²) in [5.74, 6) is 3.80. The SMILES string of the molecule is CC[Si](CC)(c1cc(C)cc(C(C)(C)C)c1OC(C)(C)C)C1C(C)C(C)C2c3ccccc3C=CC21. The molecule has 4 rings (SSSR count). The number of fused-ring (bicyclic) bond motifs is 3. The molecule has 196 valence electrons. The largest absolute Gasteiger partial charge is 0.488 e. The third kappa shape index (κ3) is 4.53. The zero-order chi connectivity index (χ0) is 26.6. The molecule has 0 aromatic heterocycles. The fraction of sp³-hybridized carbons (Fsp3) is 0.588. The van der Waals surface area contributed by atoms with E-state index in [1.807, 2.05) is 0 Å². The average molecular weight is 503 g/mol. The van der Waals surface area contributed by atoms with Crippen LogP contribution in [0.4, 0.5) is 0 Å². The maximum Gasteiger partial charge on any atom is 0.123 e. The van der Waals surface area contributed by atoms with E-state index in [1.165, 1.54) is 34.5 Å². The van der Waals surface area contributed by atoms with Crippen LogP contribution in [0, 0.1) is 24.7 Å². The molecule has 0 radical (unpaired) electrons. The highest BCUT2D eigenvalue weighted by Crippen LogP contribution is 2.61. The van der Waals surface area contributed by atoms with Crippen molar-refractivity contribution in [3.8, 4) is 5.75 Å². The van der Waals surface area contributed by atoms with Gasteiger partial charge in [0, 0.05) is 0 Å². The molecule has 2 aliphatic rings. The van der Waals surface area contributed by atoms with Crippen molar-refractivity contribution in [2.45, 2.75) is 111 Å². The van der Waals surface area contributed by atoms with Crippen molar-refractivity contribution in [1.29, 1.82) is 0 Å². The fourth-order valence-electron chi connectivity index (χ4n) is 7.76. The molecule has 0 saturated heterocycles. The molecular weight excluding hydrogens is 452 g/mol. The third-order valence-electron chi connectivity index (χ3n) is 9.53. The van der Waals surface area contributed by atoms with Crippen LogP contribution in [-0.4, -0.2) is 13.7 Å². The Morgan fingerprint density at radius 1 is 0.889 bits per heavy atom. The minimum Gasteiger partial charge on any atom is -0.488 e. The quantitative estimate of drug-likeness (QED) is 0.370. The molecule has 0 bridgehead atoms. The predicted molar refractivity (Wildman–Crippen MR) is 160 cm³/mol. The van der Waals surface area contributed by atoms with Gasteiger partial charge < -0.3 is 4.74 Å². The first kappa shape index (κ1) is 27.2. The summed E-state index contributed by atoms with van der Waals surface area (Å²) in [6, 6.07) is 16.6. The normalized spacial score (nSPS) is 26.0. The first-order chi connectivity index (χ1) is 16.7. The van der Waals surface area contributed by atoms with Gasteiger partial charge in [0.05, 0.1) is 8.07 Å². The van der Waals surface area contributed by atoms with E-state index < -0.39 is 8.07 Å². The molecule has 0 N–H and O–H groups in total. The summed E-state index contributed by atoms with van der Waals surface area (Å²) >= 11 is 0. The number of ether oxygens (including phenoxy) is 1. The second-order valence-electron chi connectivity index (χ2n) is 13.9. The van der Waals surface area contributed by atoms with Gasteiger partial charge in [-0.05, 0) is 84.2 Å². The summed E-state index contributed by atoms with van der Waals surface area (Å²) < 4.78 is 6.99. The van der Waals surface area contributed by atoms with E-state index in [1.54, 1.807) is 10.8 Å². The van der Waals surface area contributed by atoms with Crippen LogP contribution in [0.3, 0.4) is 0 Å². The summed E-state index contributed by atoms with van der Waals surface area (Å²) in [5, 5.41) is 1.59. The molecule has 2 heteroatoms. The molecule has 0 amide bonds. The lowest BCUT2D eigenvalue weighted by molar-refractivity contribution is 0.129. The van der Waals surface area contributed by atoms with Crippen molar-refractivity contribution in [3.05, 3.63) is 64.7 Å². The van der Waals surface area contributed by atoms with Crippen molar-refractivity contribution in [2.75, 3.05) is 0 Å². The molecule has 1 fully saturated rings. The van der Waals surface area contributed by atoms with Gasteiger partial charge in [0.15, 0.2) is 0 Å². The Bertz CT molecular complexity index is 1120. The molecule has 2 aromatic rings. The van der Waals surface area contributed by atoms with Crippen LogP contribution < -0.4 is 9.92 Å². The van der Waals surface area contributed by atoms with E-state index in [0.29, 0.717) is 29.2 Å². The van der Waals surface area contributed by atoms with E-state index in [-0.39, 0.29) is 11.0 Å². The zero-order valence-electron chi connectivity index (χ0n) is 24.8. The first-order valence-electron chi connectivity index (χ1n) is 14.4. The number of hydrogen-bond acceptors (Lipinski definition) is 1. The molecule has 0 aliphatic heterocycles. The lowest BCUT2D eigenvalue weighted by Crippen LogP contribution is -2.55. The minimum absolute atomic E-state index is 0.0315. The van der Waals surface area contributed by atoms with Gasteiger partial charge in [-0.2, -0.15) is 0 Å². The number of hydrogen-bond donors (Lipinski definition) is 0. The fourth-order valence-corrected chi connectivity index (χ4v) is 13.8. The maximum absolute atomic E-state index is 6.99. The van der Waals surface area contributed by atoms with E-state index in [2.05, 4.69) is 125 Å². The molecule has 2 aromatic carbocycles. The maximum atomic E-state index is 6.99. The smallest absolute Gasteiger partial charge is 0.123 e. The second-order valence-corrected chi connectivity index (χ2v) is 18.8. The number of aryl methyl sites for hydroxylation is 1. The monoisotopic (exact) mass is 502 g/mol. The van der Waals surface area contributed by atoms with Crippen molar-refractivity contribution in [2.24, 2.45) is 17.8 Å². The molecule has 5 atom stereocenters. The van der Waals surface area contributed by atoms with Crippen LogP contribution in [0.15, 0.2) is 42.5 Å². The average Bonchev–Trinajstić information content (AvgIpc) is 3.06. The van der Waals surface area contributed by atoms with Crippen molar-refractivity contribution < 1.29 is 4.74 Å². The van der Waals surface area contributed by atoms with Crippen LogP contribution in [0.1, 0.15) is 97.4 Å². The first-order valence-corrected chi connectivity index (χ1v) is 16.9. The van der Waals surface area contributed by atoms with Crippen molar-refractivity contribution >= 4 is 19.3 Å². The standard InChI is InChI=1S/C34H50OSi/c1-12-36(13-2,29-21-22(3)20-28(33(6,7)8)31(29)35-34(9,10)11)32-24(5)23(4)30-26-17-15-14-16-25(26)18-19-27(30)32/h14-21,23-24,27,30,32H,12-13H2,1-11H3. The molecule has 5 unspecified atom stereocenters. The van der Waals surface area contributed by atoms with Crippen molar-refractivity contribution in [1.82, 2.24) is 0 Å². The van der Waals surface area contributed by atoms with Crippen LogP contribution in [-0.2, 0) is 5.41 Å². The summed E-state index contributed by atoms with van der Waals surface area (Å²) in [5.41, 5.74) is 6.28. The van der Waals surface area contributed by atoms with Gasteiger partial charge in [0.1, 0.15) is 11.4 Å². The van der Waals surface area contributed by atoms with Gasteiger partial charge in [-0.15, -0.1) is 0 Å². The molecule has 1 saturated carbocycles. The second kappa shape index (κ2) is 9.50. The highest BCUT2D eigenvalue weighted by Gasteiger charge is 2.57. The Morgan fingerprint density at radius 2 is 1.53 bits per heavy atom. The number of benzene rings is 2. The van der Waals surface area contributed by atoms with Gasteiger partial charge in [-0.25, -0.2) is 0 Å². The molecular formula is C34H50OSi. The molecule has 0 spiro atoms. The molecule has 36 heavy (non-hydrogen) atoms. The van der Waals surface area contributed by atoms with Crippen LogP contribution in [0.2, 0.25) is 17.6 Å². The van der Waals surface area contributed by atoms with Crippen LogP contribution in [0.25, 0.3) is 6.08 Å². The highest BCUT2D eigenvalue weighted by atomic mass is 28.3. The van der Waals surface area contributed by atoms with Gasteiger partial charge in [0.25, 0.3) is 0 Å². The Kier molecular flexibility index (Phi) is 7.19. The van der Waals surface area contributed by atoms with E-state index >= 15 is 0 Å².